The van der Waals surface area contributed by atoms with Crippen molar-refractivity contribution in [2.45, 2.75) is 19.3 Å². The summed E-state index contributed by atoms with van der Waals surface area (Å²) in [7, 11) is 0. The quantitative estimate of drug-likeness (QED) is 0.511. The van der Waals surface area contributed by atoms with Gasteiger partial charge in [-0.05, 0) is 6.42 Å². The Balaban J connectivity index is 2.15. The Morgan fingerprint density at radius 2 is 2.30 bits per heavy atom. The highest BCUT2D eigenvalue weighted by atomic mass is 16.2. The molecule has 0 aliphatic carbocycles. The second kappa shape index (κ2) is 3.26. The number of hydrogen-bond acceptors (Lipinski definition) is 1. The van der Waals surface area contributed by atoms with Gasteiger partial charge < -0.3 is 4.90 Å². The van der Waals surface area contributed by atoms with E-state index in [2.05, 4.69) is 5.92 Å². The zero-order valence-electron chi connectivity index (χ0n) is 5.97. The fourth-order valence-electron chi connectivity index (χ4n) is 0.903. The molecule has 1 saturated heterocycles. The Hall–Kier alpha value is -0.970. The first-order valence-corrected chi connectivity index (χ1v) is 3.56. The van der Waals surface area contributed by atoms with Crippen LogP contribution in [-0.2, 0) is 4.79 Å². The fourth-order valence-corrected chi connectivity index (χ4v) is 0.903. The van der Waals surface area contributed by atoms with Gasteiger partial charge in [-0.25, -0.2) is 0 Å². The van der Waals surface area contributed by atoms with E-state index in [0.717, 1.165) is 19.5 Å². The highest BCUT2D eigenvalue weighted by Gasteiger charge is 2.18. The van der Waals surface area contributed by atoms with Gasteiger partial charge in [-0.15, -0.1) is 12.3 Å². The number of carbonyl (C=O) groups is 1. The van der Waals surface area contributed by atoms with E-state index in [1.54, 1.807) is 0 Å². The van der Waals surface area contributed by atoms with E-state index >= 15 is 0 Å². The molecule has 0 aromatic carbocycles. The summed E-state index contributed by atoms with van der Waals surface area (Å²) in [5, 5.41) is 0. The topological polar surface area (TPSA) is 20.3 Å². The molecular weight excluding hydrogens is 126 g/mol. The molecule has 1 aliphatic rings. The summed E-state index contributed by atoms with van der Waals surface area (Å²) in [6.07, 6.45) is 7.27. The monoisotopic (exact) mass is 137 g/mol. The third-order valence-corrected chi connectivity index (χ3v) is 1.69. The van der Waals surface area contributed by atoms with E-state index in [9.17, 15) is 4.79 Å². The van der Waals surface area contributed by atoms with E-state index in [1.807, 2.05) is 4.90 Å². The lowest BCUT2D eigenvalue weighted by molar-refractivity contribution is -0.134. The van der Waals surface area contributed by atoms with Gasteiger partial charge in [0.2, 0.25) is 5.91 Å². The molecule has 2 heteroatoms. The van der Waals surface area contributed by atoms with Crippen molar-refractivity contribution < 1.29 is 4.79 Å². The molecule has 0 N–H and O–H groups in total. The molecule has 54 valence electrons. The highest BCUT2D eigenvalue weighted by Crippen LogP contribution is 2.07. The molecule has 0 bridgehead atoms. The average Bonchev–Trinajstić information content (AvgIpc) is 1.79. The van der Waals surface area contributed by atoms with Crippen molar-refractivity contribution in [2.75, 3.05) is 13.1 Å². The minimum Gasteiger partial charge on any atom is -0.343 e. The van der Waals surface area contributed by atoms with E-state index in [4.69, 9.17) is 6.42 Å². The molecule has 0 aromatic rings. The molecule has 0 aromatic heterocycles. The molecule has 0 atom stereocenters. The summed E-state index contributed by atoms with van der Waals surface area (Å²) in [5.74, 6) is 2.67. The predicted molar refractivity (Wildman–Crippen MR) is 39.3 cm³/mol. The lowest BCUT2D eigenvalue weighted by Gasteiger charge is -2.30. The number of carbonyl (C=O) groups excluding carboxylic acids is 1. The molecular formula is C8H11NO. The summed E-state index contributed by atoms with van der Waals surface area (Å²) >= 11 is 0. The fraction of sp³-hybridized carbons (Fsp3) is 0.625. The van der Waals surface area contributed by atoms with Crippen molar-refractivity contribution in [1.29, 1.82) is 0 Å². The van der Waals surface area contributed by atoms with E-state index in [0.29, 0.717) is 12.8 Å². The highest BCUT2D eigenvalue weighted by molar-refractivity contribution is 5.77. The van der Waals surface area contributed by atoms with Crippen molar-refractivity contribution in [3.63, 3.8) is 0 Å². The van der Waals surface area contributed by atoms with Gasteiger partial charge in [-0.2, -0.15) is 0 Å². The van der Waals surface area contributed by atoms with Crippen LogP contribution in [0.4, 0.5) is 0 Å². The van der Waals surface area contributed by atoms with Crippen LogP contribution in [0.2, 0.25) is 0 Å². The summed E-state index contributed by atoms with van der Waals surface area (Å²) < 4.78 is 0. The number of likely N-dealkylation sites (tertiary alicyclic amines) is 1. The third kappa shape index (κ3) is 1.51. The van der Waals surface area contributed by atoms with E-state index in [-0.39, 0.29) is 5.91 Å². The van der Waals surface area contributed by atoms with Gasteiger partial charge in [0.1, 0.15) is 0 Å². The number of amides is 1. The summed E-state index contributed by atoms with van der Waals surface area (Å²) in [4.78, 5) is 12.9. The average molecular weight is 137 g/mol. The van der Waals surface area contributed by atoms with Crippen molar-refractivity contribution in [3.05, 3.63) is 0 Å². The summed E-state index contributed by atoms with van der Waals surface area (Å²) in [5.41, 5.74) is 0. The maximum Gasteiger partial charge on any atom is 0.223 e. The van der Waals surface area contributed by atoms with Crippen molar-refractivity contribution >= 4 is 5.91 Å². The van der Waals surface area contributed by atoms with Crippen LogP contribution < -0.4 is 0 Å². The Bertz CT molecular complexity index is 165. The van der Waals surface area contributed by atoms with Crippen molar-refractivity contribution in [3.8, 4) is 12.3 Å². The van der Waals surface area contributed by atoms with Gasteiger partial charge in [0, 0.05) is 25.9 Å². The molecule has 1 amide bonds. The maximum absolute atomic E-state index is 11.0. The normalized spacial score (nSPS) is 15.7. The predicted octanol–water partition coefficient (Wildman–Crippen LogP) is 0.632. The van der Waals surface area contributed by atoms with Crippen LogP contribution in [0.1, 0.15) is 19.3 Å². The van der Waals surface area contributed by atoms with Crippen LogP contribution in [0.25, 0.3) is 0 Å². The number of hydrogen-bond donors (Lipinski definition) is 0. The Morgan fingerprint density at radius 3 is 2.70 bits per heavy atom. The second-order valence-corrected chi connectivity index (χ2v) is 2.44. The smallest absolute Gasteiger partial charge is 0.223 e. The lowest BCUT2D eigenvalue weighted by Crippen LogP contribution is -2.41. The SMILES string of the molecule is C#CCCC(=O)N1CCC1. The zero-order valence-corrected chi connectivity index (χ0v) is 5.97. The summed E-state index contributed by atoms with van der Waals surface area (Å²) in [6, 6.07) is 0. The first-order valence-electron chi connectivity index (χ1n) is 3.56. The molecule has 1 rings (SSSR count). The summed E-state index contributed by atoms with van der Waals surface area (Å²) in [6.45, 7) is 1.87. The van der Waals surface area contributed by atoms with Gasteiger partial charge in [-0.3, -0.25) is 4.79 Å². The minimum absolute atomic E-state index is 0.212. The number of nitrogens with zero attached hydrogens (tertiary/aromatic N) is 1. The van der Waals surface area contributed by atoms with Crippen LogP contribution in [0, 0.1) is 12.3 Å². The first kappa shape index (κ1) is 7.14. The van der Waals surface area contributed by atoms with Gasteiger partial charge in [0.05, 0.1) is 0 Å². The maximum atomic E-state index is 11.0. The molecule has 0 radical (unpaired) electrons. The van der Waals surface area contributed by atoms with Gasteiger partial charge in [-0.1, -0.05) is 0 Å². The largest absolute Gasteiger partial charge is 0.343 e. The van der Waals surface area contributed by atoms with E-state index in [1.165, 1.54) is 0 Å². The van der Waals surface area contributed by atoms with Gasteiger partial charge in [0.25, 0.3) is 0 Å². The Kier molecular flexibility index (Phi) is 2.33. The van der Waals surface area contributed by atoms with Gasteiger partial charge in [0.15, 0.2) is 0 Å². The number of terminal acetylenes is 1. The van der Waals surface area contributed by atoms with Crippen molar-refractivity contribution in [1.82, 2.24) is 4.90 Å². The third-order valence-electron chi connectivity index (χ3n) is 1.69. The molecule has 10 heavy (non-hydrogen) atoms. The Morgan fingerprint density at radius 1 is 1.60 bits per heavy atom. The van der Waals surface area contributed by atoms with Crippen LogP contribution in [0.15, 0.2) is 0 Å². The molecule has 0 spiro atoms. The number of rotatable bonds is 2. The molecule has 1 fully saturated rings. The lowest BCUT2D eigenvalue weighted by atomic mass is 10.2. The molecule has 2 nitrogen and oxygen atoms in total. The van der Waals surface area contributed by atoms with Crippen LogP contribution in [-0.4, -0.2) is 23.9 Å². The second-order valence-electron chi connectivity index (χ2n) is 2.44. The van der Waals surface area contributed by atoms with Crippen molar-refractivity contribution in [2.24, 2.45) is 0 Å². The molecule has 0 unspecified atom stereocenters. The molecule has 0 saturated carbocycles. The van der Waals surface area contributed by atoms with Gasteiger partial charge >= 0.3 is 0 Å². The molecule has 1 aliphatic heterocycles. The molecule has 1 heterocycles. The Labute approximate surface area is 61.2 Å². The van der Waals surface area contributed by atoms with Crippen LogP contribution in [0.3, 0.4) is 0 Å². The van der Waals surface area contributed by atoms with Crippen LogP contribution >= 0.6 is 0 Å². The first-order chi connectivity index (χ1) is 4.84. The van der Waals surface area contributed by atoms with E-state index < -0.39 is 0 Å². The minimum atomic E-state index is 0.212. The standard InChI is InChI=1S/C8H11NO/c1-2-3-5-8(10)9-6-4-7-9/h1H,3-7H2. The zero-order chi connectivity index (χ0) is 7.40. The van der Waals surface area contributed by atoms with Crippen LogP contribution in [0.5, 0.6) is 0 Å².